The first-order valence-corrected chi connectivity index (χ1v) is 6.54. The van der Waals surface area contributed by atoms with Crippen LogP contribution in [0.4, 0.5) is 4.39 Å². The molecule has 0 atom stereocenters. The molecule has 0 saturated carbocycles. The lowest BCUT2D eigenvalue weighted by Crippen LogP contribution is -1.93. The van der Waals surface area contributed by atoms with Crippen LogP contribution in [0.25, 0.3) is 10.1 Å². The predicted molar refractivity (Wildman–Crippen MR) is 70.0 cm³/mol. The number of fused-ring (bicyclic) bond motifs is 1. The number of rotatable bonds is 2. The van der Waals surface area contributed by atoms with E-state index in [-0.39, 0.29) is 5.82 Å². The fourth-order valence-electron chi connectivity index (χ4n) is 2.15. The zero-order chi connectivity index (χ0) is 11.9. The second kappa shape index (κ2) is 4.17. The molecule has 0 radical (unpaired) electrons. The zero-order valence-electron chi connectivity index (χ0n) is 10.2. The molecule has 0 spiro atoms. The summed E-state index contributed by atoms with van der Waals surface area (Å²) in [6, 6.07) is 5.39. The van der Waals surface area contributed by atoms with E-state index in [0.717, 1.165) is 10.1 Å². The minimum absolute atomic E-state index is 0.0868. The molecular formula is C14H17FS. The smallest absolute Gasteiger partial charge is 0.141 e. The standard InChI is InChI=1S/C14H17FS/c1-8(2)12-10-6-5-7-11(15)14(10)16-13(12)9(3)4/h5-9H,1-4H3. The van der Waals surface area contributed by atoms with Crippen LogP contribution in [-0.4, -0.2) is 0 Å². The summed E-state index contributed by atoms with van der Waals surface area (Å²) in [5, 5.41) is 1.10. The van der Waals surface area contributed by atoms with Crippen molar-refractivity contribution in [3.63, 3.8) is 0 Å². The van der Waals surface area contributed by atoms with E-state index in [9.17, 15) is 4.39 Å². The minimum atomic E-state index is -0.0868. The van der Waals surface area contributed by atoms with Gasteiger partial charge >= 0.3 is 0 Å². The van der Waals surface area contributed by atoms with Gasteiger partial charge < -0.3 is 0 Å². The molecule has 0 N–H and O–H groups in total. The SMILES string of the molecule is CC(C)c1sc2c(F)cccc2c1C(C)C. The van der Waals surface area contributed by atoms with Gasteiger partial charge in [0, 0.05) is 4.88 Å². The third kappa shape index (κ3) is 1.75. The van der Waals surface area contributed by atoms with Crippen molar-refractivity contribution in [2.24, 2.45) is 0 Å². The summed E-state index contributed by atoms with van der Waals surface area (Å²) >= 11 is 1.61. The third-order valence-electron chi connectivity index (χ3n) is 2.84. The van der Waals surface area contributed by atoms with Gasteiger partial charge in [0.2, 0.25) is 0 Å². The lowest BCUT2D eigenvalue weighted by Gasteiger charge is -2.10. The third-order valence-corrected chi connectivity index (χ3v) is 4.37. The van der Waals surface area contributed by atoms with Crippen LogP contribution in [0, 0.1) is 5.82 Å². The largest absolute Gasteiger partial charge is 0.205 e. The molecule has 0 unspecified atom stereocenters. The summed E-state index contributed by atoms with van der Waals surface area (Å²) in [5.74, 6) is 0.832. The van der Waals surface area contributed by atoms with Gasteiger partial charge in [0.15, 0.2) is 0 Å². The van der Waals surface area contributed by atoms with Crippen LogP contribution < -0.4 is 0 Å². The molecule has 1 heterocycles. The van der Waals surface area contributed by atoms with E-state index in [1.807, 2.05) is 6.07 Å². The summed E-state index contributed by atoms with van der Waals surface area (Å²) in [7, 11) is 0. The van der Waals surface area contributed by atoms with Crippen molar-refractivity contribution in [3.8, 4) is 0 Å². The zero-order valence-corrected chi connectivity index (χ0v) is 11.0. The van der Waals surface area contributed by atoms with Gasteiger partial charge in [-0.15, -0.1) is 11.3 Å². The average Bonchev–Trinajstić information content (AvgIpc) is 2.58. The summed E-state index contributed by atoms with van der Waals surface area (Å²) < 4.78 is 14.5. The fraction of sp³-hybridized carbons (Fsp3) is 0.429. The monoisotopic (exact) mass is 236 g/mol. The first-order valence-electron chi connectivity index (χ1n) is 5.73. The van der Waals surface area contributed by atoms with Crippen LogP contribution >= 0.6 is 11.3 Å². The Kier molecular flexibility index (Phi) is 3.02. The molecule has 0 saturated heterocycles. The molecular weight excluding hydrogens is 219 g/mol. The number of halogens is 1. The molecule has 0 bridgehead atoms. The lowest BCUT2D eigenvalue weighted by molar-refractivity contribution is 0.641. The Morgan fingerprint density at radius 2 is 1.75 bits per heavy atom. The van der Waals surface area contributed by atoms with E-state index in [2.05, 4.69) is 27.7 Å². The van der Waals surface area contributed by atoms with Gasteiger partial charge in [-0.05, 0) is 28.9 Å². The van der Waals surface area contributed by atoms with Gasteiger partial charge in [0.25, 0.3) is 0 Å². The summed E-state index contributed by atoms with van der Waals surface area (Å²) in [6.07, 6.45) is 0. The Hall–Kier alpha value is -0.890. The maximum atomic E-state index is 13.7. The molecule has 1 aromatic heterocycles. The van der Waals surface area contributed by atoms with Gasteiger partial charge in [0.05, 0.1) is 4.70 Å². The molecule has 2 aromatic rings. The maximum Gasteiger partial charge on any atom is 0.141 e. The molecule has 1 aromatic carbocycles. The molecule has 0 aliphatic rings. The highest BCUT2D eigenvalue weighted by molar-refractivity contribution is 7.19. The van der Waals surface area contributed by atoms with Crippen molar-refractivity contribution in [1.82, 2.24) is 0 Å². The van der Waals surface area contributed by atoms with E-state index < -0.39 is 0 Å². The van der Waals surface area contributed by atoms with Gasteiger partial charge in [-0.1, -0.05) is 39.8 Å². The van der Waals surface area contributed by atoms with Crippen molar-refractivity contribution >= 4 is 21.4 Å². The maximum absolute atomic E-state index is 13.7. The van der Waals surface area contributed by atoms with E-state index in [1.54, 1.807) is 23.5 Å². The van der Waals surface area contributed by atoms with Gasteiger partial charge in [-0.3, -0.25) is 0 Å². The molecule has 2 heteroatoms. The molecule has 16 heavy (non-hydrogen) atoms. The number of benzene rings is 1. The summed E-state index contributed by atoms with van der Waals surface area (Å²) in [5.41, 5.74) is 1.33. The Labute approximate surface area is 100 Å². The van der Waals surface area contributed by atoms with E-state index >= 15 is 0 Å². The second-order valence-corrected chi connectivity index (χ2v) is 5.86. The van der Waals surface area contributed by atoms with Crippen LogP contribution in [0.1, 0.15) is 50.0 Å². The van der Waals surface area contributed by atoms with Crippen LogP contribution in [0.3, 0.4) is 0 Å². The first kappa shape index (κ1) is 11.6. The van der Waals surface area contributed by atoms with Crippen molar-refractivity contribution in [2.45, 2.75) is 39.5 Å². The highest BCUT2D eigenvalue weighted by Gasteiger charge is 2.18. The van der Waals surface area contributed by atoms with Crippen LogP contribution in [0.15, 0.2) is 18.2 Å². The minimum Gasteiger partial charge on any atom is -0.205 e. The molecule has 0 aliphatic heterocycles. The molecule has 86 valence electrons. The molecule has 0 amide bonds. The van der Waals surface area contributed by atoms with Crippen molar-refractivity contribution in [1.29, 1.82) is 0 Å². The van der Waals surface area contributed by atoms with Crippen LogP contribution in [0.5, 0.6) is 0 Å². The molecule has 0 aliphatic carbocycles. The Balaban J connectivity index is 2.81. The van der Waals surface area contributed by atoms with Crippen LogP contribution in [0.2, 0.25) is 0 Å². The Morgan fingerprint density at radius 3 is 2.31 bits per heavy atom. The lowest BCUT2D eigenvalue weighted by atomic mass is 9.95. The first-order chi connectivity index (χ1) is 7.52. The number of thiophene rings is 1. The van der Waals surface area contributed by atoms with E-state index in [1.165, 1.54) is 10.4 Å². The predicted octanol–water partition coefficient (Wildman–Crippen LogP) is 5.29. The van der Waals surface area contributed by atoms with E-state index in [0.29, 0.717) is 11.8 Å². The van der Waals surface area contributed by atoms with Gasteiger partial charge in [-0.25, -0.2) is 4.39 Å². The van der Waals surface area contributed by atoms with Crippen molar-refractivity contribution in [3.05, 3.63) is 34.5 Å². The van der Waals surface area contributed by atoms with Crippen LogP contribution in [-0.2, 0) is 0 Å². The highest BCUT2D eigenvalue weighted by atomic mass is 32.1. The van der Waals surface area contributed by atoms with Crippen molar-refractivity contribution in [2.75, 3.05) is 0 Å². The topological polar surface area (TPSA) is 0 Å². The normalized spacial score (nSPS) is 11.9. The summed E-state index contributed by atoms with van der Waals surface area (Å²) in [4.78, 5) is 1.33. The quantitative estimate of drug-likeness (QED) is 0.665. The van der Waals surface area contributed by atoms with Gasteiger partial charge in [0.1, 0.15) is 5.82 Å². The summed E-state index contributed by atoms with van der Waals surface area (Å²) in [6.45, 7) is 8.71. The average molecular weight is 236 g/mol. The van der Waals surface area contributed by atoms with E-state index in [4.69, 9.17) is 0 Å². The van der Waals surface area contributed by atoms with Crippen molar-refractivity contribution < 1.29 is 4.39 Å². The Bertz CT molecular complexity index is 509. The highest BCUT2D eigenvalue weighted by Crippen LogP contribution is 2.40. The second-order valence-electron chi connectivity index (χ2n) is 4.81. The number of hydrogen-bond acceptors (Lipinski definition) is 1. The molecule has 2 rings (SSSR count). The molecule has 0 nitrogen and oxygen atoms in total. The Morgan fingerprint density at radius 1 is 1.06 bits per heavy atom. The van der Waals surface area contributed by atoms with Gasteiger partial charge in [-0.2, -0.15) is 0 Å². The fourth-order valence-corrected chi connectivity index (χ4v) is 3.51. The number of hydrogen-bond donors (Lipinski definition) is 0. The molecule has 0 fully saturated rings.